The molecule has 118 valence electrons. The Balaban J connectivity index is 1.83. The highest BCUT2D eigenvalue weighted by Crippen LogP contribution is 2.24. The molecule has 1 heterocycles. The fourth-order valence-electron chi connectivity index (χ4n) is 3.23. The van der Waals surface area contributed by atoms with Gasteiger partial charge < -0.3 is 15.1 Å². The summed E-state index contributed by atoms with van der Waals surface area (Å²) in [6.07, 6.45) is 3.92. The first-order chi connectivity index (χ1) is 10.1. The van der Waals surface area contributed by atoms with Crippen LogP contribution in [0.2, 0.25) is 0 Å². The van der Waals surface area contributed by atoms with E-state index in [0.29, 0.717) is 6.04 Å². The number of hydrogen-bond acceptors (Lipinski definition) is 3. The molecular weight excluding hydrogens is 258 g/mol. The van der Waals surface area contributed by atoms with Gasteiger partial charge in [0.25, 0.3) is 0 Å². The van der Waals surface area contributed by atoms with Gasteiger partial charge >= 0.3 is 0 Å². The third-order valence-corrected chi connectivity index (χ3v) is 4.66. The summed E-state index contributed by atoms with van der Waals surface area (Å²) in [4.78, 5) is 4.74. The van der Waals surface area contributed by atoms with Gasteiger partial charge in [0, 0.05) is 31.5 Å². The number of benzene rings is 1. The highest BCUT2D eigenvalue weighted by molar-refractivity contribution is 5.54. The highest BCUT2D eigenvalue weighted by atomic mass is 15.1. The zero-order valence-electron chi connectivity index (χ0n) is 14.1. The predicted molar refractivity (Wildman–Crippen MR) is 93.3 cm³/mol. The van der Waals surface area contributed by atoms with E-state index in [1.165, 1.54) is 50.3 Å². The molecule has 1 saturated heterocycles. The van der Waals surface area contributed by atoms with Crippen molar-refractivity contribution in [3.63, 3.8) is 0 Å². The summed E-state index contributed by atoms with van der Waals surface area (Å²) in [7, 11) is 4.16. The summed E-state index contributed by atoms with van der Waals surface area (Å²) in [5.74, 6) is 0.798. The molecule has 0 spiro atoms. The van der Waals surface area contributed by atoms with E-state index in [0.717, 1.165) is 5.92 Å². The van der Waals surface area contributed by atoms with E-state index < -0.39 is 0 Å². The van der Waals surface area contributed by atoms with Gasteiger partial charge in [-0.15, -0.1) is 0 Å². The molecule has 0 radical (unpaired) electrons. The number of rotatable bonds is 6. The van der Waals surface area contributed by atoms with Crippen molar-refractivity contribution in [2.24, 2.45) is 5.92 Å². The number of likely N-dealkylation sites (tertiary alicyclic amines) is 1. The van der Waals surface area contributed by atoms with Crippen molar-refractivity contribution in [3.8, 4) is 0 Å². The molecule has 1 aromatic rings. The number of nitrogens with one attached hydrogen (secondary N) is 1. The number of hydrogen-bond donors (Lipinski definition) is 1. The van der Waals surface area contributed by atoms with Crippen LogP contribution in [0.3, 0.4) is 0 Å². The highest BCUT2D eigenvalue weighted by Gasteiger charge is 2.23. The third-order valence-electron chi connectivity index (χ3n) is 4.66. The van der Waals surface area contributed by atoms with E-state index in [1.807, 2.05) is 0 Å². The lowest BCUT2D eigenvalue weighted by Crippen LogP contribution is -2.39. The molecule has 0 aromatic heterocycles. The lowest BCUT2D eigenvalue weighted by Gasteiger charge is -2.35. The number of anilines is 2. The van der Waals surface area contributed by atoms with Crippen molar-refractivity contribution in [1.29, 1.82) is 0 Å². The molecule has 1 aliphatic rings. The molecule has 1 atom stereocenters. The van der Waals surface area contributed by atoms with Crippen molar-refractivity contribution >= 4 is 11.4 Å². The summed E-state index contributed by atoms with van der Waals surface area (Å²) in [5, 5.41) is 3.69. The molecule has 3 heteroatoms. The van der Waals surface area contributed by atoms with Crippen LogP contribution in [0.4, 0.5) is 11.4 Å². The van der Waals surface area contributed by atoms with Crippen molar-refractivity contribution in [3.05, 3.63) is 24.3 Å². The minimum Gasteiger partial charge on any atom is -0.382 e. The quantitative estimate of drug-likeness (QED) is 0.862. The van der Waals surface area contributed by atoms with Gasteiger partial charge in [0.2, 0.25) is 0 Å². The second kappa shape index (κ2) is 7.69. The standard InChI is InChI=1S/C18H31N3/c1-5-12-21-13-10-16(11-14-21)15(2)19-17-6-8-18(9-7-17)20(3)4/h6-9,15-16,19H,5,10-14H2,1-4H3. The first kappa shape index (κ1) is 16.2. The lowest BCUT2D eigenvalue weighted by molar-refractivity contribution is 0.176. The van der Waals surface area contributed by atoms with Crippen LogP contribution in [0, 0.1) is 5.92 Å². The average molecular weight is 289 g/mol. The van der Waals surface area contributed by atoms with Gasteiger partial charge in [-0.2, -0.15) is 0 Å². The van der Waals surface area contributed by atoms with Crippen molar-refractivity contribution in [1.82, 2.24) is 4.90 Å². The Bertz CT molecular complexity index is 405. The molecule has 1 fully saturated rings. The van der Waals surface area contributed by atoms with E-state index in [-0.39, 0.29) is 0 Å². The first-order valence-electron chi connectivity index (χ1n) is 8.36. The molecule has 1 N–H and O–H groups in total. The van der Waals surface area contributed by atoms with Gasteiger partial charge in [-0.1, -0.05) is 6.92 Å². The van der Waals surface area contributed by atoms with E-state index >= 15 is 0 Å². The molecule has 2 rings (SSSR count). The maximum absolute atomic E-state index is 3.69. The fraction of sp³-hybridized carbons (Fsp3) is 0.667. The minimum absolute atomic E-state index is 0.555. The summed E-state index contributed by atoms with van der Waals surface area (Å²) < 4.78 is 0. The lowest BCUT2D eigenvalue weighted by atomic mass is 9.90. The Hall–Kier alpha value is -1.22. The molecule has 1 aromatic carbocycles. The largest absolute Gasteiger partial charge is 0.382 e. The Morgan fingerprint density at radius 3 is 2.33 bits per heavy atom. The molecule has 0 aliphatic carbocycles. The average Bonchev–Trinajstić information content (AvgIpc) is 2.49. The minimum atomic E-state index is 0.555. The van der Waals surface area contributed by atoms with E-state index in [4.69, 9.17) is 0 Å². The zero-order chi connectivity index (χ0) is 15.2. The second-order valence-electron chi connectivity index (χ2n) is 6.55. The van der Waals surface area contributed by atoms with Crippen LogP contribution >= 0.6 is 0 Å². The Kier molecular flexibility index (Phi) is 5.92. The molecule has 0 bridgehead atoms. The van der Waals surface area contributed by atoms with E-state index in [9.17, 15) is 0 Å². The number of piperidine rings is 1. The smallest absolute Gasteiger partial charge is 0.0362 e. The van der Waals surface area contributed by atoms with Gasteiger partial charge in [-0.3, -0.25) is 0 Å². The molecule has 0 amide bonds. The second-order valence-corrected chi connectivity index (χ2v) is 6.55. The first-order valence-corrected chi connectivity index (χ1v) is 8.36. The predicted octanol–water partition coefficient (Wildman–Crippen LogP) is 3.68. The van der Waals surface area contributed by atoms with Crippen LogP contribution in [0.25, 0.3) is 0 Å². The number of nitrogens with zero attached hydrogens (tertiary/aromatic N) is 2. The van der Waals surface area contributed by atoms with Crippen molar-refractivity contribution < 1.29 is 0 Å². The van der Waals surface area contributed by atoms with Crippen LogP contribution in [0.5, 0.6) is 0 Å². The molecule has 1 aliphatic heterocycles. The molecule has 21 heavy (non-hydrogen) atoms. The van der Waals surface area contributed by atoms with Crippen LogP contribution in [-0.2, 0) is 0 Å². The van der Waals surface area contributed by atoms with Gasteiger partial charge in [-0.25, -0.2) is 0 Å². The van der Waals surface area contributed by atoms with Gasteiger partial charge in [0.05, 0.1) is 0 Å². The van der Waals surface area contributed by atoms with Crippen LogP contribution in [0.1, 0.15) is 33.1 Å². The van der Waals surface area contributed by atoms with E-state index in [2.05, 4.69) is 67.3 Å². The maximum atomic E-state index is 3.69. The molecule has 3 nitrogen and oxygen atoms in total. The maximum Gasteiger partial charge on any atom is 0.0362 e. The summed E-state index contributed by atoms with van der Waals surface area (Å²) in [6.45, 7) is 8.41. The SMILES string of the molecule is CCCN1CCC(C(C)Nc2ccc(N(C)C)cc2)CC1. The van der Waals surface area contributed by atoms with Gasteiger partial charge in [0.1, 0.15) is 0 Å². The van der Waals surface area contributed by atoms with Crippen LogP contribution in [0.15, 0.2) is 24.3 Å². The van der Waals surface area contributed by atoms with Crippen molar-refractivity contribution in [2.75, 3.05) is 43.9 Å². The summed E-state index contributed by atoms with van der Waals surface area (Å²) >= 11 is 0. The van der Waals surface area contributed by atoms with Crippen molar-refractivity contribution in [2.45, 2.75) is 39.2 Å². The Labute approximate surface area is 130 Å². The van der Waals surface area contributed by atoms with Gasteiger partial charge in [0.15, 0.2) is 0 Å². The fourth-order valence-corrected chi connectivity index (χ4v) is 3.23. The molecule has 0 saturated carbocycles. The molecule has 1 unspecified atom stereocenters. The zero-order valence-corrected chi connectivity index (χ0v) is 14.1. The van der Waals surface area contributed by atoms with E-state index in [1.54, 1.807) is 0 Å². The normalized spacial score (nSPS) is 18.5. The van der Waals surface area contributed by atoms with Gasteiger partial charge in [-0.05, 0) is 76.0 Å². The Morgan fingerprint density at radius 1 is 1.19 bits per heavy atom. The summed E-state index contributed by atoms with van der Waals surface area (Å²) in [5.41, 5.74) is 2.49. The third kappa shape index (κ3) is 4.63. The van der Waals surface area contributed by atoms with Crippen LogP contribution in [-0.4, -0.2) is 44.7 Å². The van der Waals surface area contributed by atoms with Crippen LogP contribution < -0.4 is 10.2 Å². The monoisotopic (exact) mass is 289 g/mol. The molecular formula is C18H31N3. The Morgan fingerprint density at radius 2 is 1.81 bits per heavy atom. The topological polar surface area (TPSA) is 18.5 Å². The summed E-state index contributed by atoms with van der Waals surface area (Å²) in [6, 6.07) is 9.30.